The molecule has 1 saturated carbocycles. The molecule has 0 aliphatic heterocycles. The van der Waals surface area contributed by atoms with E-state index in [1.165, 1.54) is 0 Å². The monoisotopic (exact) mass is 383 g/mol. The van der Waals surface area contributed by atoms with Crippen molar-refractivity contribution in [3.05, 3.63) is 53.3 Å². The van der Waals surface area contributed by atoms with E-state index in [-0.39, 0.29) is 18.0 Å². The summed E-state index contributed by atoms with van der Waals surface area (Å²) in [5.41, 5.74) is 2.41. The minimum absolute atomic E-state index is 0.0461. The summed E-state index contributed by atoms with van der Waals surface area (Å²) in [6, 6.07) is 7.19. The predicted molar refractivity (Wildman–Crippen MR) is 105 cm³/mol. The van der Waals surface area contributed by atoms with Crippen molar-refractivity contribution >= 4 is 33.9 Å². The van der Waals surface area contributed by atoms with Gasteiger partial charge >= 0.3 is 6.03 Å². The Bertz CT molecular complexity index is 930. The maximum absolute atomic E-state index is 12.2. The molecule has 3 aromatic rings. The molecule has 8 heteroatoms. The van der Waals surface area contributed by atoms with Gasteiger partial charge in [0.05, 0.1) is 18.2 Å². The molecule has 1 atom stereocenters. The molecular formula is C19H21N5O2S. The van der Waals surface area contributed by atoms with Gasteiger partial charge in [-0.15, -0.1) is 11.3 Å². The number of hydrogen-bond acceptors (Lipinski definition) is 4. The van der Waals surface area contributed by atoms with E-state index in [1.807, 2.05) is 41.2 Å². The number of thiazole rings is 1. The van der Waals surface area contributed by atoms with Gasteiger partial charge in [-0.25, -0.2) is 9.78 Å². The summed E-state index contributed by atoms with van der Waals surface area (Å²) in [5, 5.41) is 10.6. The van der Waals surface area contributed by atoms with Crippen LogP contribution in [-0.2, 0) is 11.2 Å². The largest absolute Gasteiger partial charge is 0.353 e. The maximum atomic E-state index is 12.2. The van der Waals surface area contributed by atoms with Crippen molar-refractivity contribution in [3.63, 3.8) is 0 Å². The Kier molecular flexibility index (Phi) is 4.81. The van der Waals surface area contributed by atoms with Crippen molar-refractivity contribution in [1.29, 1.82) is 0 Å². The molecule has 0 radical (unpaired) electrons. The van der Waals surface area contributed by atoms with Crippen molar-refractivity contribution < 1.29 is 9.59 Å². The van der Waals surface area contributed by atoms with Gasteiger partial charge in [0.25, 0.3) is 0 Å². The minimum atomic E-state index is -0.293. The number of carbonyl (C=O) groups excluding carboxylic acids is 2. The van der Waals surface area contributed by atoms with E-state index in [0.717, 1.165) is 29.1 Å². The standard InChI is InChI=1S/C19H21N5O2S/c1-12(16-11-24-8-9-27-19(24)23-16)20-18(26)22-15-4-2-13(3-5-15)10-17(25)21-14-6-7-14/h2-5,8-9,11-12,14H,6-7,10H2,1H3,(H,21,25)(H2,20,22,26). The Hall–Kier alpha value is -2.87. The quantitative estimate of drug-likeness (QED) is 0.611. The number of benzene rings is 1. The number of hydrogen-bond donors (Lipinski definition) is 3. The lowest BCUT2D eigenvalue weighted by Gasteiger charge is -2.13. The molecule has 3 N–H and O–H groups in total. The summed E-state index contributed by atoms with van der Waals surface area (Å²) < 4.78 is 1.94. The molecule has 4 rings (SSSR count). The maximum Gasteiger partial charge on any atom is 0.319 e. The van der Waals surface area contributed by atoms with Crippen molar-refractivity contribution in [1.82, 2.24) is 20.0 Å². The van der Waals surface area contributed by atoms with Crippen LogP contribution in [0.5, 0.6) is 0 Å². The molecule has 1 aliphatic rings. The van der Waals surface area contributed by atoms with Crippen LogP contribution in [0.25, 0.3) is 4.96 Å². The molecule has 7 nitrogen and oxygen atoms in total. The molecule has 1 aromatic carbocycles. The van der Waals surface area contributed by atoms with Gasteiger partial charge in [0.15, 0.2) is 4.96 Å². The van der Waals surface area contributed by atoms with E-state index < -0.39 is 0 Å². The SMILES string of the molecule is CC(NC(=O)Nc1ccc(CC(=O)NC2CC2)cc1)c1cn2ccsc2n1. The topological polar surface area (TPSA) is 87.5 Å². The Morgan fingerprint density at radius 3 is 2.78 bits per heavy atom. The molecule has 1 fully saturated rings. The van der Waals surface area contributed by atoms with Gasteiger partial charge in [-0.1, -0.05) is 12.1 Å². The number of rotatable bonds is 6. The van der Waals surface area contributed by atoms with Crippen LogP contribution < -0.4 is 16.0 Å². The Balaban J connectivity index is 1.29. The van der Waals surface area contributed by atoms with Gasteiger partial charge in [-0.2, -0.15) is 0 Å². The second-order valence-corrected chi connectivity index (χ2v) is 7.67. The third-order valence-corrected chi connectivity index (χ3v) is 5.19. The van der Waals surface area contributed by atoms with Crippen molar-refractivity contribution in [2.24, 2.45) is 0 Å². The lowest BCUT2D eigenvalue weighted by molar-refractivity contribution is -0.120. The summed E-state index contributed by atoms with van der Waals surface area (Å²) in [6.07, 6.45) is 6.38. The zero-order valence-electron chi connectivity index (χ0n) is 14.9. The van der Waals surface area contributed by atoms with Crippen LogP contribution in [0.1, 0.15) is 37.1 Å². The third-order valence-electron chi connectivity index (χ3n) is 4.42. The number of amides is 3. The molecule has 140 valence electrons. The van der Waals surface area contributed by atoms with Crippen molar-refractivity contribution in [2.45, 2.75) is 38.3 Å². The van der Waals surface area contributed by atoms with Gasteiger partial charge in [0.1, 0.15) is 0 Å². The number of nitrogens with zero attached hydrogens (tertiary/aromatic N) is 2. The fourth-order valence-corrected chi connectivity index (χ4v) is 3.50. The average Bonchev–Trinajstić information content (AvgIpc) is 3.16. The predicted octanol–water partition coefficient (Wildman–Crippen LogP) is 3.10. The van der Waals surface area contributed by atoms with Gasteiger partial charge in [0, 0.05) is 29.5 Å². The lowest BCUT2D eigenvalue weighted by Crippen LogP contribution is -2.31. The smallest absolute Gasteiger partial charge is 0.319 e. The highest BCUT2D eigenvalue weighted by atomic mass is 32.1. The Morgan fingerprint density at radius 1 is 1.30 bits per heavy atom. The number of imidazole rings is 1. The van der Waals surface area contributed by atoms with Gasteiger partial charge in [-0.3, -0.25) is 9.20 Å². The number of urea groups is 1. The molecule has 3 amide bonds. The van der Waals surface area contributed by atoms with E-state index in [1.54, 1.807) is 23.5 Å². The highest BCUT2D eigenvalue weighted by Gasteiger charge is 2.23. The first-order chi connectivity index (χ1) is 13.1. The number of fused-ring (bicyclic) bond motifs is 1. The van der Waals surface area contributed by atoms with E-state index in [9.17, 15) is 9.59 Å². The first-order valence-corrected chi connectivity index (χ1v) is 9.83. The van der Waals surface area contributed by atoms with E-state index in [0.29, 0.717) is 18.2 Å². The van der Waals surface area contributed by atoms with Crippen LogP contribution in [0.3, 0.4) is 0 Å². The van der Waals surface area contributed by atoms with Crippen LogP contribution >= 0.6 is 11.3 Å². The zero-order chi connectivity index (χ0) is 18.8. The molecule has 1 aliphatic carbocycles. The van der Waals surface area contributed by atoms with Crippen LogP contribution in [0, 0.1) is 0 Å². The number of anilines is 1. The molecule has 2 heterocycles. The summed E-state index contributed by atoms with van der Waals surface area (Å²) in [5.74, 6) is 0.0461. The van der Waals surface area contributed by atoms with Crippen LogP contribution in [0.2, 0.25) is 0 Å². The van der Waals surface area contributed by atoms with E-state index in [4.69, 9.17) is 0 Å². The normalized spacial score (nSPS) is 14.7. The molecule has 0 spiro atoms. The van der Waals surface area contributed by atoms with Crippen LogP contribution in [-0.4, -0.2) is 27.4 Å². The lowest BCUT2D eigenvalue weighted by atomic mass is 10.1. The molecule has 0 bridgehead atoms. The number of carbonyl (C=O) groups is 2. The second kappa shape index (κ2) is 7.40. The van der Waals surface area contributed by atoms with Crippen molar-refractivity contribution in [3.8, 4) is 0 Å². The average molecular weight is 383 g/mol. The molecule has 1 unspecified atom stereocenters. The zero-order valence-corrected chi connectivity index (χ0v) is 15.8. The van der Waals surface area contributed by atoms with Gasteiger partial charge < -0.3 is 16.0 Å². The van der Waals surface area contributed by atoms with E-state index in [2.05, 4.69) is 20.9 Å². The van der Waals surface area contributed by atoms with Crippen LogP contribution in [0.15, 0.2) is 42.0 Å². The molecule has 27 heavy (non-hydrogen) atoms. The van der Waals surface area contributed by atoms with Crippen molar-refractivity contribution in [2.75, 3.05) is 5.32 Å². The first kappa shape index (κ1) is 17.5. The summed E-state index contributed by atoms with van der Waals surface area (Å²) >= 11 is 1.55. The number of aromatic nitrogens is 2. The fraction of sp³-hybridized carbons (Fsp3) is 0.316. The Labute approximate surface area is 160 Å². The van der Waals surface area contributed by atoms with E-state index >= 15 is 0 Å². The minimum Gasteiger partial charge on any atom is -0.353 e. The van der Waals surface area contributed by atoms with Crippen LogP contribution in [0.4, 0.5) is 10.5 Å². The summed E-state index contributed by atoms with van der Waals surface area (Å²) in [4.78, 5) is 29.5. The molecule has 0 saturated heterocycles. The second-order valence-electron chi connectivity index (χ2n) is 6.79. The molecular weight excluding hydrogens is 362 g/mol. The third kappa shape index (κ3) is 4.46. The summed E-state index contributed by atoms with van der Waals surface area (Å²) in [7, 11) is 0. The highest BCUT2D eigenvalue weighted by Crippen LogP contribution is 2.19. The van der Waals surface area contributed by atoms with Gasteiger partial charge in [0.2, 0.25) is 5.91 Å². The number of nitrogens with one attached hydrogen (secondary N) is 3. The molecule has 2 aromatic heterocycles. The first-order valence-electron chi connectivity index (χ1n) is 8.95. The summed E-state index contributed by atoms with van der Waals surface area (Å²) in [6.45, 7) is 1.90. The van der Waals surface area contributed by atoms with Gasteiger partial charge in [-0.05, 0) is 37.5 Å². The fourth-order valence-electron chi connectivity index (χ4n) is 2.79. The highest BCUT2D eigenvalue weighted by molar-refractivity contribution is 7.15. The Morgan fingerprint density at radius 2 is 2.07 bits per heavy atom.